The molecule has 0 amide bonds. The number of hydrogen-bond donors (Lipinski definition) is 1. The second-order valence-corrected chi connectivity index (χ2v) is 6.23. The van der Waals surface area contributed by atoms with Gasteiger partial charge in [-0.2, -0.15) is 0 Å². The summed E-state index contributed by atoms with van der Waals surface area (Å²) in [7, 11) is 0. The molecule has 0 spiro atoms. The van der Waals surface area contributed by atoms with Gasteiger partial charge in [0.05, 0.1) is 0 Å². The highest BCUT2D eigenvalue weighted by molar-refractivity contribution is 5.00. The van der Waals surface area contributed by atoms with Crippen LogP contribution in [0.5, 0.6) is 0 Å². The number of hydrogen-bond acceptors (Lipinski definition) is 2. The zero-order valence-corrected chi connectivity index (χ0v) is 10.1. The summed E-state index contributed by atoms with van der Waals surface area (Å²) in [6, 6.07) is 0.766. The quantitative estimate of drug-likeness (QED) is 0.690. The highest BCUT2D eigenvalue weighted by Gasteiger charge is 2.41. The largest absolute Gasteiger partial charge is 0.310 e. The lowest BCUT2D eigenvalue weighted by Gasteiger charge is -2.36. The van der Waals surface area contributed by atoms with E-state index < -0.39 is 0 Å². The minimum Gasteiger partial charge on any atom is -0.310 e. The summed E-state index contributed by atoms with van der Waals surface area (Å²) in [4.78, 5) is 2.72. The molecular formula is C12H24N2. The number of likely N-dealkylation sites (tertiary alicyclic amines) is 1. The Bertz CT molecular complexity index is 220. The molecule has 1 N–H and O–H groups in total. The van der Waals surface area contributed by atoms with Crippen molar-refractivity contribution in [2.45, 2.75) is 64.1 Å². The first-order valence-electron chi connectivity index (χ1n) is 5.93. The van der Waals surface area contributed by atoms with Crippen molar-refractivity contribution in [1.82, 2.24) is 10.2 Å². The fourth-order valence-corrected chi connectivity index (χ4v) is 3.15. The SMILES string of the molecule is CC1(C)CC(N2CCCC2(C)C)CN1. The van der Waals surface area contributed by atoms with Crippen LogP contribution in [0.3, 0.4) is 0 Å². The van der Waals surface area contributed by atoms with Crippen molar-refractivity contribution in [3.8, 4) is 0 Å². The molecular weight excluding hydrogens is 172 g/mol. The highest BCUT2D eigenvalue weighted by atomic mass is 15.3. The van der Waals surface area contributed by atoms with Crippen LogP contribution in [-0.2, 0) is 0 Å². The summed E-state index contributed by atoms with van der Waals surface area (Å²) in [6.45, 7) is 11.9. The Balaban J connectivity index is 2.03. The molecule has 2 saturated heterocycles. The first kappa shape index (κ1) is 10.4. The van der Waals surface area contributed by atoms with E-state index >= 15 is 0 Å². The summed E-state index contributed by atoms with van der Waals surface area (Å²) in [5, 5.41) is 3.62. The van der Waals surface area contributed by atoms with Gasteiger partial charge in [0.2, 0.25) is 0 Å². The van der Waals surface area contributed by atoms with Crippen molar-refractivity contribution in [2.75, 3.05) is 13.1 Å². The average molecular weight is 196 g/mol. The fourth-order valence-electron chi connectivity index (χ4n) is 3.15. The smallest absolute Gasteiger partial charge is 0.0243 e. The van der Waals surface area contributed by atoms with E-state index in [4.69, 9.17) is 0 Å². The standard InChI is InChI=1S/C12H24N2/c1-11(2)8-10(9-13-11)14-7-5-6-12(14,3)4/h10,13H,5-9H2,1-4H3. The molecule has 2 heteroatoms. The lowest BCUT2D eigenvalue weighted by atomic mass is 9.96. The second kappa shape index (κ2) is 3.21. The molecule has 0 aromatic rings. The summed E-state index contributed by atoms with van der Waals surface area (Å²) < 4.78 is 0. The molecule has 2 aliphatic heterocycles. The molecule has 0 aromatic carbocycles. The molecule has 2 rings (SSSR count). The molecule has 2 heterocycles. The van der Waals surface area contributed by atoms with Crippen LogP contribution < -0.4 is 5.32 Å². The molecule has 1 unspecified atom stereocenters. The Hall–Kier alpha value is -0.0800. The van der Waals surface area contributed by atoms with Gasteiger partial charge >= 0.3 is 0 Å². The van der Waals surface area contributed by atoms with Crippen molar-refractivity contribution in [1.29, 1.82) is 0 Å². The molecule has 1 atom stereocenters. The lowest BCUT2D eigenvalue weighted by Crippen LogP contribution is -2.46. The van der Waals surface area contributed by atoms with Gasteiger partial charge in [-0.1, -0.05) is 0 Å². The Kier molecular flexibility index (Phi) is 2.39. The van der Waals surface area contributed by atoms with E-state index in [2.05, 4.69) is 37.9 Å². The molecule has 0 aliphatic carbocycles. The minimum absolute atomic E-state index is 0.351. The first-order chi connectivity index (χ1) is 6.41. The van der Waals surface area contributed by atoms with Crippen LogP contribution >= 0.6 is 0 Å². The topological polar surface area (TPSA) is 15.3 Å². The first-order valence-corrected chi connectivity index (χ1v) is 5.93. The Morgan fingerprint density at radius 1 is 1.21 bits per heavy atom. The van der Waals surface area contributed by atoms with Crippen molar-refractivity contribution in [2.24, 2.45) is 0 Å². The predicted molar refractivity (Wildman–Crippen MR) is 60.5 cm³/mol. The number of nitrogens with one attached hydrogen (secondary N) is 1. The van der Waals surface area contributed by atoms with E-state index in [0.29, 0.717) is 11.1 Å². The number of rotatable bonds is 1. The van der Waals surface area contributed by atoms with Gasteiger partial charge in [0, 0.05) is 23.7 Å². The van der Waals surface area contributed by atoms with Crippen molar-refractivity contribution in [3.63, 3.8) is 0 Å². The van der Waals surface area contributed by atoms with Gasteiger partial charge in [0.15, 0.2) is 0 Å². The van der Waals surface area contributed by atoms with Gasteiger partial charge in [0.25, 0.3) is 0 Å². The molecule has 0 aromatic heterocycles. The highest BCUT2D eigenvalue weighted by Crippen LogP contribution is 2.34. The summed E-state index contributed by atoms with van der Waals surface area (Å²) in [5.74, 6) is 0. The van der Waals surface area contributed by atoms with Crippen LogP contribution in [0.2, 0.25) is 0 Å². The maximum Gasteiger partial charge on any atom is 0.0243 e. The third kappa shape index (κ3) is 1.82. The molecule has 0 saturated carbocycles. The molecule has 2 fully saturated rings. The molecule has 0 radical (unpaired) electrons. The molecule has 2 nitrogen and oxygen atoms in total. The van der Waals surface area contributed by atoms with Gasteiger partial charge in [-0.25, -0.2) is 0 Å². The summed E-state index contributed by atoms with van der Waals surface area (Å²) >= 11 is 0. The lowest BCUT2D eigenvalue weighted by molar-refractivity contribution is 0.121. The van der Waals surface area contributed by atoms with E-state index in [1.54, 1.807) is 0 Å². The third-order valence-electron chi connectivity index (χ3n) is 3.97. The average Bonchev–Trinajstić information content (AvgIpc) is 2.53. The van der Waals surface area contributed by atoms with Crippen molar-refractivity contribution < 1.29 is 0 Å². The third-order valence-corrected chi connectivity index (χ3v) is 3.97. The zero-order chi connectivity index (χ0) is 10.4. The maximum atomic E-state index is 3.62. The summed E-state index contributed by atoms with van der Waals surface area (Å²) in [6.07, 6.45) is 4.05. The van der Waals surface area contributed by atoms with Crippen LogP contribution in [0.15, 0.2) is 0 Å². The van der Waals surface area contributed by atoms with Crippen LogP contribution in [0.25, 0.3) is 0 Å². The van der Waals surface area contributed by atoms with Gasteiger partial charge in [0.1, 0.15) is 0 Å². The van der Waals surface area contributed by atoms with Crippen LogP contribution in [0.4, 0.5) is 0 Å². The monoisotopic (exact) mass is 196 g/mol. The van der Waals surface area contributed by atoms with Crippen LogP contribution in [0.1, 0.15) is 47.0 Å². The zero-order valence-electron chi connectivity index (χ0n) is 10.1. The molecule has 2 aliphatic rings. The normalized spacial score (nSPS) is 36.4. The van der Waals surface area contributed by atoms with Crippen LogP contribution in [0, 0.1) is 0 Å². The van der Waals surface area contributed by atoms with Crippen molar-refractivity contribution >= 4 is 0 Å². The van der Waals surface area contributed by atoms with Gasteiger partial charge in [-0.3, -0.25) is 4.90 Å². The minimum atomic E-state index is 0.351. The molecule has 82 valence electrons. The molecule has 0 bridgehead atoms. The maximum absolute atomic E-state index is 3.62. The van der Waals surface area contributed by atoms with E-state index in [-0.39, 0.29) is 0 Å². The van der Waals surface area contributed by atoms with Gasteiger partial charge in [-0.05, 0) is 53.5 Å². The number of nitrogens with zero attached hydrogens (tertiary/aromatic N) is 1. The van der Waals surface area contributed by atoms with E-state index in [1.807, 2.05) is 0 Å². The van der Waals surface area contributed by atoms with Gasteiger partial charge < -0.3 is 5.32 Å². The van der Waals surface area contributed by atoms with Gasteiger partial charge in [-0.15, -0.1) is 0 Å². The van der Waals surface area contributed by atoms with E-state index in [1.165, 1.54) is 32.4 Å². The Labute approximate surface area is 88.1 Å². The fraction of sp³-hybridized carbons (Fsp3) is 1.00. The van der Waals surface area contributed by atoms with E-state index in [9.17, 15) is 0 Å². The second-order valence-electron chi connectivity index (χ2n) is 6.23. The Morgan fingerprint density at radius 2 is 1.93 bits per heavy atom. The van der Waals surface area contributed by atoms with Crippen molar-refractivity contribution in [3.05, 3.63) is 0 Å². The van der Waals surface area contributed by atoms with Crippen LogP contribution in [-0.4, -0.2) is 35.1 Å². The predicted octanol–water partition coefficient (Wildman–Crippen LogP) is 2.00. The van der Waals surface area contributed by atoms with E-state index in [0.717, 1.165) is 6.04 Å². The molecule has 14 heavy (non-hydrogen) atoms. The Morgan fingerprint density at radius 3 is 2.36 bits per heavy atom. The summed E-state index contributed by atoms with van der Waals surface area (Å²) in [5.41, 5.74) is 0.788.